The Hall–Kier alpha value is -0.160. The van der Waals surface area contributed by atoms with Gasteiger partial charge >= 0.3 is 0 Å². The van der Waals surface area contributed by atoms with Crippen LogP contribution in [0.15, 0.2) is 0 Å². The van der Waals surface area contributed by atoms with Crippen LogP contribution in [0.5, 0.6) is 0 Å². The first kappa shape index (κ1) is 11.9. The zero-order chi connectivity index (χ0) is 10.4. The number of hydrogen-bond acceptors (Lipinski definition) is 4. The van der Waals surface area contributed by atoms with E-state index in [9.17, 15) is 0 Å². The molecule has 0 spiro atoms. The standard InChI is InChI=1S/C10H23N3O/c1-12(2)14-9-8-13(3)10-4-6-11-7-5-10/h10-11H,4-9H2,1-3H3. The predicted octanol–water partition coefficient (Wildman–Crippen LogP) is 0.163. The van der Waals surface area contributed by atoms with Gasteiger partial charge in [0.2, 0.25) is 0 Å². The van der Waals surface area contributed by atoms with E-state index >= 15 is 0 Å². The molecule has 0 aromatic carbocycles. The van der Waals surface area contributed by atoms with E-state index < -0.39 is 0 Å². The smallest absolute Gasteiger partial charge is 0.0811 e. The van der Waals surface area contributed by atoms with E-state index in [-0.39, 0.29) is 0 Å². The maximum atomic E-state index is 5.38. The van der Waals surface area contributed by atoms with Crippen LogP contribution in [-0.4, -0.2) is 63.4 Å². The summed E-state index contributed by atoms with van der Waals surface area (Å²) >= 11 is 0. The lowest BCUT2D eigenvalue weighted by molar-refractivity contribution is -0.124. The molecule has 1 aliphatic heterocycles. The van der Waals surface area contributed by atoms with E-state index in [2.05, 4.69) is 17.3 Å². The minimum absolute atomic E-state index is 0.738. The number of likely N-dealkylation sites (N-methyl/N-ethyl adjacent to an activating group) is 1. The van der Waals surface area contributed by atoms with Crippen LogP contribution in [0.4, 0.5) is 0 Å². The van der Waals surface area contributed by atoms with Gasteiger partial charge in [-0.1, -0.05) is 0 Å². The molecule has 4 heteroatoms. The lowest BCUT2D eigenvalue weighted by atomic mass is 10.1. The van der Waals surface area contributed by atoms with Crippen molar-refractivity contribution in [2.75, 3.05) is 47.4 Å². The van der Waals surface area contributed by atoms with Crippen molar-refractivity contribution in [1.82, 2.24) is 15.3 Å². The minimum atomic E-state index is 0.738. The van der Waals surface area contributed by atoms with Crippen LogP contribution in [0.1, 0.15) is 12.8 Å². The number of hydrogen-bond donors (Lipinski definition) is 1. The molecule has 14 heavy (non-hydrogen) atoms. The van der Waals surface area contributed by atoms with Crippen molar-refractivity contribution in [2.45, 2.75) is 18.9 Å². The Labute approximate surface area is 87.2 Å². The fourth-order valence-corrected chi connectivity index (χ4v) is 1.80. The van der Waals surface area contributed by atoms with E-state index in [4.69, 9.17) is 4.84 Å². The molecule has 0 aromatic rings. The van der Waals surface area contributed by atoms with Gasteiger partial charge in [0.15, 0.2) is 0 Å². The topological polar surface area (TPSA) is 27.7 Å². The predicted molar refractivity (Wildman–Crippen MR) is 58.2 cm³/mol. The van der Waals surface area contributed by atoms with Gasteiger partial charge in [-0.2, -0.15) is 5.06 Å². The van der Waals surface area contributed by atoms with E-state index in [1.54, 1.807) is 5.06 Å². The summed E-state index contributed by atoms with van der Waals surface area (Å²) in [5.74, 6) is 0. The highest BCUT2D eigenvalue weighted by atomic mass is 16.7. The SMILES string of the molecule is CN(C)OCCN(C)C1CCNCC1. The molecule has 1 heterocycles. The summed E-state index contributed by atoms with van der Waals surface area (Å²) in [6.07, 6.45) is 2.52. The monoisotopic (exact) mass is 201 g/mol. The molecule has 1 aliphatic rings. The van der Waals surface area contributed by atoms with E-state index in [0.29, 0.717) is 0 Å². The Morgan fingerprint density at radius 3 is 2.43 bits per heavy atom. The van der Waals surface area contributed by atoms with Crippen LogP contribution in [0.3, 0.4) is 0 Å². The van der Waals surface area contributed by atoms with Gasteiger partial charge in [-0.25, -0.2) is 0 Å². The molecule has 0 aromatic heterocycles. The van der Waals surface area contributed by atoms with E-state index in [0.717, 1.165) is 32.3 Å². The van der Waals surface area contributed by atoms with Crippen molar-refractivity contribution < 1.29 is 4.84 Å². The molecule has 0 unspecified atom stereocenters. The van der Waals surface area contributed by atoms with E-state index in [1.807, 2.05) is 14.1 Å². The first-order chi connectivity index (χ1) is 6.70. The average Bonchev–Trinajstić information content (AvgIpc) is 2.18. The van der Waals surface area contributed by atoms with Gasteiger partial charge in [0, 0.05) is 26.7 Å². The van der Waals surface area contributed by atoms with Gasteiger partial charge in [0.1, 0.15) is 0 Å². The van der Waals surface area contributed by atoms with Crippen molar-refractivity contribution in [3.8, 4) is 0 Å². The van der Waals surface area contributed by atoms with Crippen molar-refractivity contribution in [2.24, 2.45) is 0 Å². The molecular formula is C10H23N3O. The van der Waals surface area contributed by atoms with Gasteiger partial charge < -0.3 is 10.2 Å². The second-order valence-electron chi connectivity index (χ2n) is 4.11. The van der Waals surface area contributed by atoms with Gasteiger partial charge in [0.25, 0.3) is 0 Å². The Balaban J connectivity index is 2.10. The summed E-state index contributed by atoms with van der Waals surface area (Å²) in [6.45, 7) is 4.11. The fraction of sp³-hybridized carbons (Fsp3) is 1.00. The molecule has 84 valence electrons. The zero-order valence-electron chi connectivity index (χ0n) is 9.62. The molecule has 0 bridgehead atoms. The number of hydroxylamine groups is 2. The van der Waals surface area contributed by atoms with Crippen LogP contribution in [0.25, 0.3) is 0 Å². The molecule has 1 rings (SSSR count). The Morgan fingerprint density at radius 1 is 1.21 bits per heavy atom. The number of piperidine rings is 1. The molecular weight excluding hydrogens is 178 g/mol. The molecule has 1 fully saturated rings. The lowest BCUT2D eigenvalue weighted by Gasteiger charge is -2.31. The van der Waals surface area contributed by atoms with Gasteiger partial charge in [-0.3, -0.25) is 4.84 Å². The maximum absolute atomic E-state index is 5.38. The van der Waals surface area contributed by atoms with Gasteiger partial charge in [-0.15, -0.1) is 0 Å². The molecule has 1 N–H and O–H groups in total. The maximum Gasteiger partial charge on any atom is 0.0811 e. The Bertz CT molecular complexity index is 146. The minimum Gasteiger partial charge on any atom is -0.317 e. The third-order valence-electron chi connectivity index (χ3n) is 2.73. The summed E-state index contributed by atoms with van der Waals surface area (Å²) in [5.41, 5.74) is 0. The number of nitrogens with one attached hydrogen (secondary N) is 1. The van der Waals surface area contributed by atoms with Crippen LogP contribution in [-0.2, 0) is 4.84 Å². The number of rotatable bonds is 5. The second-order valence-corrected chi connectivity index (χ2v) is 4.11. The second kappa shape index (κ2) is 6.35. The molecule has 0 saturated carbocycles. The van der Waals surface area contributed by atoms with Crippen molar-refractivity contribution in [3.05, 3.63) is 0 Å². The summed E-state index contributed by atoms with van der Waals surface area (Å²) in [6, 6.07) is 0.738. The number of nitrogens with zero attached hydrogens (tertiary/aromatic N) is 2. The van der Waals surface area contributed by atoms with Crippen LogP contribution in [0.2, 0.25) is 0 Å². The molecule has 4 nitrogen and oxygen atoms in total. The highest BCUT2D eigenvalue weighted by Gasteiger charge is 2.16. The molecule has 0 aliphatic carbocycles. The Kier molecular flexibility index (Phi) is 5.40. The summed E-state index contributed by atoms with van der Waals surface area (Å²) < 4.78 is 0. The highest BCUT2D eigenvalue weighted by molar-refractivity contribution is 4.75. The van der Waals surface area contributed by atoms with Gasteiger partial charge in [-0.05, 0) is 33.0 Å². The third-order valence-corrected chi connectivity index (χ3v) is 2.73. The lowest BCUT2D eigenvalue weighted by Crippen LogP contribution is -2.42. The van der Waals surface area contributed by atoms with Gasteiger partial charge in [0.05, 0.1) is 6.61 Å². The average molecular weight is 201 g/mol. The molecule has 1 saturated heterocycles. The molecule has 0 atom stereocenters. The van der Waals surface area contributed by atoms with Crippen LogP contribution < -0.4 is 5.32 Å². The summed E-state index contributed by atoms with van der Waals surface area (Å²) in [4.78, 5) is 7.79. The summed E-state index contributed by atoms with van der Waals surface area (Å²) in [5, 5.41) is 5.14. The third kappa shape index (κ3) is 4.37. The van der Waals surface area contributed by atoms with Crippen molar-refractivity contribution in [1.29, 1.82) is 0 Å². The van der Waals surface area contributed by atoms with Crippen molar-refractivity contribution >= 4 is 0 Å². The van der Waals surface area contributed by atoms with E-state index in [1.165, 1.54) is 12.8 Å². The fourth-order valence-electron chi connectivity index (χ4n) is 1.80. The first-order valence-electron chi connectivity index (χ1n) is 5.41. The quantitative estimate of drug-likeness (QED) is 0.642. The first-order valence-corrected chi connectivity index (χ1v) is 5.41. The summed E-state index contributed by atoms with van der Waals surface area (Å²) in [7, 11) is 6.03. The van der Waals surface area contributed by atoms with Crippen molar-refractivity contribution in [3.63, 3.8) is 0 Å². The zero-order valence-corrected chi connectivity index (χ0v) is 9.62. The highest BCUT2D eigenvalue weighted by Crippen LogP contribution is 2.08. The van der Waals surface area contributed by atoms with Crippen LogP contribution in [0, 0.1) is 0 Å². The normalized spacial score (nSPS) is 19.5. The molecule has 0 radical (unpaired) electrons. The molecule has 0 amide bonds. The van der Waals surface area contributed by atoms with Crippen LogP contribution >= 0.6 is 0 Å². The largest absolute Gasteiger partial charge is 0.317 e. The Morgan fingerprint density at radius 2 is 1.86 bits per heavy atom.